The Morgan fingerprint density at radius 3 is 2.90 bits per heavy atom. The van der Waals surface area contributed by atoms with Gasteiger partial charge < -0.3 is 10.1 Å². The fourth-order valence-electron chi connectivity index (χ4n) is 2.50. The number of nitrogens with zero attached hydrogens (tertiary/aromatic N) is 2. The van der Waals surface area contributed by atoms with Crippen LogP contribution in [0.3, 0.4) is 0 Å². The molecule has 0 saturated carbocycles. The first-order chi connectivity index (χ1) is 9.79. The third-order valence-corrected chi connectivity index (χ3v) is 3.41. The van der Waals surface area contributed by atoms with Crippen LogP contribution in [-0.2, 0) is 6.42 Å². The quantitative estimate of drug-likeness (QED) is 0.764. The first-order valence-corrected chi connectivity index (χ1v) is 6.80. The highest BCUT2D eigenvalue weighted by Crippen LogP contribution is 2.30. The van der Waals surface area contributed by atoms with Crippen LogP contribution in [0, 0.1) is 6.92 Å². The molecule has 2 heterocycles. The highest BCUT2D eigenvalue weighted by atomic mass is 16.2. The number of aryl methyl sites for hydroxylation is 2. The van der Waals surface area contributed by atoms with E-state index >= 15 is 0 Å². The molecule has 0 atom stereocenters. The summed E-state index contributed by atoms with van der Waals surface area (Å²) in [5, 5.41) is 10.1. The standard InChI is InChI=1S/C16H17N3O/c1-11-16(12-5-2-3-6-13(12)18-11)14-8-9-17-15(19-14)7-4-10-20/h2-3,5-6,8-9,18,20H,4,7,10H2,1H3. The number of hydrogen-bond donors (Lipinski definition) is 2. The van der Waals surface area contributed by atoms with Crippen LogP contribution in [0.5, 0.6) is 0 Å². The summed E-state index contributed by atoms with van der Waals surface area (Å²) in [5.74, 6) is 0.779. The van der Waals surface area contributed by atoms with E-state index < -0.39 is 0 Å². The van der Waals surface area contributed by atoms with E-state index in [-0.39, 0.29) is 6.61 Å². The molecule has 2 N–H and O–H groups in total. The molecule has 102 valence electrons. The molecule has 0 spiro atoms. The maximum atomic E-state index is 8.91. The minimum atomic E-state index is 0.166. The molecule has 20 heavy (non-hydrogen) atoms. The summed E-state index contributed by atoms with van der Waals surface area (Å²) in [6.45, 7) is 2.23. The molecular formula is C16H17N3O. The molecule has 0 saturated heterocycles. The van der Waals surface area contributed by atoms with Crippen molar-refractivity contribution < 1.29 is 5.11 Å². The minimum Gasteiger partial charge on any atom is -0.396 e. The van der Waals surface area contributed by atoms with Crippen molar-refractivity contribution in [2.75, 3.05) is 6.61 Å². The SMILES string of the molecule is Cc1[nH]c2ccccc2c1-c1ccnc(CCCO)n1. The van der Waals surface area contributed by atoms with Crippen LogP contribution in [0.25, 0.3) is 22.2 Å². The summed E-state index contributed by atoms with van der Waals surface area (Å²) in [7, 11) is 0. The Bertz CT molecular complexity index is 733. The Morgan fingerprint density at radius 1 is 1.20 bits per heavy atom. The van der Waals surface area contributed by atoms with Crippen LogP contribution < -0.4 is 0 Å². The number of para-hydroxylation sites is 1. The fourth-order valence-corrected chi connectivity index (χ4v) is 2.50. The zero-order valence-electron chi connectivity index (χ0n) is 11.4. The van der Waals surface area contributed by atoms with Crippen molar-refractivity contribution in [1.82, 2.24) is 15.0 Å². The van der Waals surface area contributed by atoms with Gasteiger partial charge in [0.25, 0.3) is 0 Å². The van der Waals surface area contributed by atoms with Gasteiger partial charge in [0.05, 0.1) is 5.69 Å². The molecule has 1 aromatic carbocycles. The van der Waals surface area contributed by atoms with E-state index in [4.69, 9.17) is 5.11 Å². The molecule has 0 aliphatic rings. The zero-order chi connectivity index (χ0) is 13.9. The number of rotatable bonds is 4. The van der Waals surface area contributed by atoms with Crippen molar-refractivity contribution in [2.24, 2.45) is 0 Å². The number of aromatic amines is 1. The lowest BCUT2D eigenvalue weighted by molar-refractivity contribution is 0.287. The largest absolute Gasteiger partial charge is 0.396 e. The van der Waals surface area contributed by atoms with E-state index in [0.717, 1.165) is 28.3 Å². The normalized spacial score (nSPS) is 11.1. The molecule has 0 fully saturated rings. The lowest BCUT2D eigenvalue weighted by Gasteiger charge is -2.04. The van der Waals surface area contributed by atoms with Gasteiger partial charge in [0, 0.05) is 41.4 Å². The van der Waals surface area contributed by atoms with Gasteiger partial charge in [-0.25, -0.2) is 9.97 Å². The Morgan fingerprint density at radius 2 is 2.05 bits per heavy atom. The van der Waals surface area contributed by atoms with E-state index in [2.05, 4.69) is 34.0 Å². The topological polar surface area (TPSA) is 61.8 Å². The van der Waals surface area contributed by atoms with E-state index in [1.807, 2.05) is 18.2 Å². The van der Waals surface area contributed by atoms with Crippen LogP contribution in [0.1, 0.15) is 17.9 Å². The number of aromatic nitrogens is 3. The van der Waals surface area contributed by atoms with Gasteiger partial charge in [-0.3, -0.25) is 0 Å². The van der Waals surface area contributed by atoms with Crippen LogP contribution in [0.4, 0.5) is 0 Å². The molecule has 0 radical (unpaired) electrons. The van der Waals surface area contributed by atoms with Crippen molar-refractivity contribution in [3.05, 3.63) is 48.0 Å². The van der Waals surface area contributed by atoms with E-state index in [9.17, 15) is 0 Å². The molecule has 2 aromatic heterocycles. The molecule has 0 aliphatic carbocycles. The maximum absolute atomic E-state index is 8.91. The van der Waals surface area contributed by atoms with Crippen molar-refractivity contribution >= 4 is 10.9 Å². The number of nitrogens with one attached hydrogen (secondary N) is 1. The molecular weight excluding hydrogens is 250 g/mol. The molecule has 0 amide bonds. The minimum absolute atomic E-state index is 0.166. The number of H-pyrrole nitrogens is 1. The average molecular weight is 267 g/mol. The van der Waals surface area contributed by atoms with E-state index in [1.165, 1.54) is 5.39 Å². The van der Waals surface area contributed by atoms with Gasteiger partial charge >= 0.3 is 0 Å². The number of benzene rings is 1. The zero-order valence-corrected chi connectivity index (χ0v) is 11.4. The van der Waals surface area contributed by atoms with Crippen molar-refractivity contribution in [3.63, 3.8) is 0 Å². The van der Waals surface area contributed by atoms with Gasteiger partial charge in [-0.05, 0) is 25.5 Å². The lowest BCUT2D eigenvalue weighted by Crippen LogP contribution is -1.98. The summed E-state index contributed by atoms with van der Waals surface area (Å²) < 4.78 is 0. The van der Waals surface area contributed by atoms with Crippen LogP contribution in [0.15, 0.2) is 36.5 Å². The van der Waals surface area contributed by atoms with E-state index in [0.29, 0.717) is 12.8 Å². The monoisotopic (exact) mass is 267 g/mol. The smallest absolute Gasteiger partial charge is 0.129 e. The number of fused-ring (bicyclic) bond motifs is 1. The van der Waals surface area contributed by atoms with Gasteiger partial charge in [-0.1, -0.05) is 18.2 Å². The van der Waals surface area contributed by atoms with Crippen LogP contribution >= 0.6 is 0 Å². The predicted octanol–water partition coefficient (Wildman–Crippen LogP) is 2.86. The molecule has 0 aliphatic heterocycles. The molecule has 3 aromatic rings. The fraction of sp³-hybridized carbons (Fsp3) is 0.250. The third-order valence-electron chi connectivity index (χ3n) is 3.41. The van der Waals surface area contributed by atoms with Crippen LogP contribution in [0.2, 0.25) is 0 Å². The Labute approximate surface area is 117 Å². The second-order valence-electron chi connectivity index (χ2n) is 4.86. The van der Waals surface area contributed by atoms with Gasteiger partial charge in [0.1, 0.15) is 5.82 Å². The van der Waals surface area contributed by atoms with E-state index in [1.54, 1.807) is 6.20 Å². The molecule has 4 heteroatoms. The third kappa shape index (κ3) is 2.30. The number of aliphatic hydroxyl groups is 1. The maximum Gasteiger partial charge on any atom is 0.129 e. The van der Waals surface area contributed by atoms with Gasteiger partial charge in [-0.2, -0.15) is 0 Å². The first kappa shape index (κ1) is 12.8. The molecule has 0 bridgehead atoms. The van der Waals surface area contributed by atoms with Gasteiger partial charge in [-0.15, -0.1) is 0 Å². The molecule has 3 rings (SSSR count). The summed E-state index contributed by atoms with van der Waals surface area (Å²) >= 11 is 0. The molecule has 4 nitrogen and oxygen atoms in total. The number of aliphatic hydroxyl groups excluding tert-OH is 1. The number of hydrogen-bond acceptors (Lipinski definition) is 3. The van der Waals surface area contributed by atoms with Crippen molar-refractivity contribution in [2.45, 2.75) is 19.8 Å². The summed E-state index contributed by atoms with van der Waals surface area (Å²) in [6, 6.07) is 10.2. The summed E-state index contributed by atoms with van der Waals surface area (Å²) in [4.78, 5) is 12.3. The second kappa shape index (κ2) is 5.43. The molecule has 0 unspecified atom stereocenters. The Kier molecular flexibility index (Phi) is 3.48. The van der Waals surface area contributed by atoms with Gasteiger partial charge in [0.15, 0.2) is 0 Å². The lowest BCUT2D eigenvalue weighted by atomic mass is 10.1. The summed E-state index contributed by atoms with van der Waals surface area (Å²) in [6.07, 6.45) is 3.18. The highest BCUT2D eigenvalue weighted by Gasteiger charge is 2.11. The van der Waals surface area contributed by atoms with Crippen LogP contribution in [-0.4, -0.2) is 26.7 Å². The highest BCUT2D eigenvalue weighted by molar-refractivity contribution is 5.96. The Hall–Kier alpha value is -2.20. The predicted molar refractivity (Wildman–Crippen MR) is 79.5 cm³/mol. The van der Waals surface area contributed by atoms with Gasteiger partial charge in [0.2, 0.25) is 0 Å². The van der Waals surface area contributed by atoms with Crippen molar-refractivity contribution in [3.8, 4) is 11.3 Å². The Balaban J connectivity index is 2.08. The average Bonchev–Trinajstić information content (AvgIpc) is 2.81. The first-order valence-electron chi connectivity index (χ1n) is 6.80. The summed E-state index contributed by atoms with van der Waals surface area (Å²) in [5.41, 5.74) is 4.30. The second-order valence-corrected chi connectivity index (χ2v) is 4.86. The van der Waals surface area contributed by atoms with Crippen molar-refractivity contribution in [1.29, 1.82) is 0 Å².